The van der Waals surface area contributed by atoms with Gasteiger partial charge in [0.2, 0.25) is 5.88 Å². The SMILES string of the molecule is N=C(c1ccnc(N2CCOCC2)c1F)c1c(N)ccnc1OC1CCOCC1. The molecule has 0 bridgehead atoms. The molecule has 8 nitrogen and oxygen atoms in total. The van der Waals surface area contributed by atoms with E-state index in [4.69, 9.17) is 25.4 Å². The first-order chi connectivity index (χ1) is 14.1. The molecule has 0 atom stereocenters. The summed E-state index contributed by atoms with van der Waals surface area (Å²) in [7, 11) is 0. The standard InChI is InChI=1S/C20H24FN5O3/c21-17-14(1-5-24-19(17)26-7-11-28-12-8-26)18(23)16-15(22)2-6-25-20(16)29-13-3-9-27-10-4-13/h1-2,5-6,13,23H,3-4,7-12H2,(H2,22,25). The van der Waals surface area contributed by atoms with E-state index in [2.05, 4.69) is 9.97 Å². The van der Waals surface area contributed by atoms with Crippen molar-refractivity contribution in [2.75, 3.05) is 50.2 Å². The number of nitrogens with zero attached hydrogens (tertiary/aromatic N) is 3. The van der Waals surface area contributed by atoms with Crippen molar-refractivity contribution in [2.45, 2.75) is 18.9 Å². The predicted octanol–water partition coefficient (Wildman–Crippen LogP) is 2.01. The van der Waals surface area contributed by atoms with Crippen LogP contribution in [0.25, 0.3) is 0 Å². The number of morpholine rings is 1. The highest BCUT2D eigenvalue weighted by molar-refractivity contribution is 6.15. The molecule has 0 aliphatic carbocycles. The molecule has 2 saturated heterocycles. The highest BCUT2D eigenvalue weighted by Crippen LogP contribution is 2.30. The van der Waals surface area contributed by atoms with Gasteiger partial charge in [0, 0.05) is 49.6 Å². The second-order valence-corrected chi connectivity index (χ2v) is 6.98. The van der Waals surface area contributed by atoms with Crippen LogP contribution in [0.2, 0.25) is 0 Å². The Morgan fingerprint density at radius 1 is 1.10 bits per heavy atom. The van der Waals surface area contributed by atoms with E-state index in [1.807, 2.05) is 4.90 Å². The zero-order valence-electron chi connectivity index (χ0n) is 16.1. The van der Waals surface area contributed by atoms with Crippen molar-refractivity contribution in [1.82, 2.24) is 9.97 Å². The van der Waals surface area contributed by atoms with Gasteiger partial charge in [-0.3, -0.25) is 5.41 Å². The van der Waals surface area contributed by atoms with Crippen molar-refractivity contribution in [3.63, 3.8) is 0 Å². The van der Waals surface area contributed by atoms with Crippen LogP contribution in [-0.2, 0) is 9.47 Å². The maximum Gasteiger partial charge on any atom is 0.225 e. The summed E-state index contributed by atoms with van der Waals surface area (Å²) in [6.07, 6.45) is 4.42. The minimum Gasteiger partial charge on any atom is -0.474 e. The van der Waals surface area contributed by atoms with Crippen molar-refractivity contribution < 1.29 is 18.6 Å². The molecule has 2 aromatic rings. The van der Waals surface area contributed by atoms with E-state index in [1.54, 1.807) is 6.07 Å². The summed E-state index contributed by atoms with van der Waals surface area (Å²) in [5.74, 6) is -0.101. The fourth-order valence-electron chi connectivity index (χ4n) is 3.50. The highest BCUT2D eigenvalue weighted by Gasteiger charge is 2.25. The number of pyridine rings is 2. The third-order valence-corrected chi connectivity index (χ3v) is 5.10. The molecule has 0 aromatic carbocycles. The maximum atomic E-state index is 15.3. The molecule has 0 radical (unpaired) electrons. The molecule has 0 saturated carbocycles. The minimum absolute atomic E-state index is 0.0733. The summed E-state index contributed by atoms with van der Waals surface area (Å²) < 4.78 is 32.0. The monoisotopic (exact) mass is 401 g/mol. The number of aromatic nitrogens is 2. The van der Waals surface area contributed by atoms with E-state index in [0.29, 0.717) is 45.2 Å². The number of ether oxygens (including phenoxy) is 3. The number of nitrogens with two attached hydrogens (primary N) is 1. The zero-order valence-corrected chi connectivity index (χ0v) is 16.1. The van der Waals surface area contributed by atoms with Gasteiger partial charge in [0.15, 0.2) is 11.6 Å². The fourth-order valence-corrected chi connectivity index (χ4v) is 3.50. The van der Waals surface area contributed by atoms with E-state index in [0.717, 1.165) is 12.8 Å². The van der Waals surface area contributed by atoms with Crippen molar-refractivity contribution in [3.05, 3.63) is 41.5 Å². The Morgan fingerprint density at radius 3 is 2.55 bits per heavy atom. The van der Waals surface area contributed by atoms with Crippen LogP contribution in [0.1, 0.15) is 24.0 Å². The van der Waals surface area contributed by atoms with E-state index in [-0.39, 0.29) is 34.6 Å². The van der Waals surface area contributed by atoms with Crippen LogP contribution >= 0.6 is 0 Å². The van der Waals surface area contributed by atoms with Gasteiger partial charge in [0.25, 0.3) is 0 Å². The molecule has 0 spiro atoms. The number of halogens is 1. The summed E-state index contributed by atoms with van der Waals surface area (Å²) in [4.78, 5) is 10.3. The third-order valence-electron chi connectivity index (χ3n) is 5.10. The lowest BCUT2D eigenvalue weighted by molar-refractivity contribution is 0.0237. The summed E-state index contributed by atoms with van der Waals surface area (Å²) in [5.41, 5.74) is 6.78. The second-order valence-electron chi connectivity index (χ2n) is 6.98. The van der Waals surface area contributed by atoms with Crippen LogP contribution in [0.3, 0.4) is 0 Å². The van der Waals surface area contributed by atoms with Gasteiger partial charge in [-0.2, -0.15) is 0 Å². The Bertz CT molecular complexity index is 882. The molecule has 29 heavy (non-hydrogen) atoms. The van der Waals surface area contributed by atoms with Crippen LogP contribution in [0.5, 0.6) is 5.88 Å². The number of nitrogens with one attached hydrogen (secondary N) is 1. The quantitative estimate of drug-likeness (QED) is 0.738. The van der Waals surface area contributed by atoms with Crippen molar-refractivity contribution in [3.8, 4) is 5.88 Å². The number of nitrogen functional groups attached to an aromatic ring is 1. The van der Waals surface area contributed by atoms with Crippen LogP contribution in [0.4, 0.5) is 15.9 Å². The van der Waals surface area contributed by atoms with Gasteiger partial charge in [-0.25, -0.2) is 14.4 Å². The van der Waals surface area contributed by atoms with Crippen LogP contribution in [0, 0.1) is 11.2 Å². The summed E-state index contributed by atoms with van der Waals surface area (Å²) >= 11 is 0. The molecule has 0 amide bonds. The number of hydrogen-bond donors (Lipinski definition) is 2. The summed E-state index contributed by atoms with van der Waals surface area (Å²) in [6, 6.07) is 3.06. The second kappa shape index (κ2) is 8.71. The smallest absolute Gasteiger partial charge is 0.225 e. The van der Waals surface area contributed by atoms with Gasteiger partial charge in [-0.05, 0) is 12.1 Å². The average Bonchev–Trinajstić information content (AvgIpc) is 2.75. The van der Waals surface area contributed by atoms with Gasteiger partial charge in [-0.15, -0.1) is 0 Å². The van der Waals surface area contributed by atoms with Gasteiger partial charge in [-0.1, -0.05) is 0 Å². The van der Waals surface area contributed by atoms with Crippen molar-refractivity contribution in [2.24, 2.45) is 0 Å². The number of hydrogen-bond acceptors (Lipinski definition) is 8. The summed E-state index contributed by atoms with van der Waals surface area (Å²) in [6.45, 7) is 3.36. The van der Waals surface area contributed by atoms with Gasteiger partial charge in [0.1, 0.15) is 6.10 Å². The fraction of sp³-hybridized carbons (Fsp3) is 0.450. The van der Waals surface area contributed by atoms with E-state index < -0.39 is 5.82 Å². The van der Waals surface area contributed by atoms with Crippen molar-refractivity contribution in [1.29, 1.82) is 5.41 Å². The normalized spacial score (nSPS) is 17.9. The van der Waals surface area contributed by atoms with Gasteiger partial charge in [0.05, 0.1) is 37.7 Å². The predicted molar refractivity (Wildman–Crippen MR) is 106 cm³/mol. The van der Waals surface area contributed by atoms with E-state index >= 15 is 4.39 Å². The zero-order chi connectivity index (χ0) is 20.2. The Labute approximate surface area is 168 Å². The molecule has 9 heteroatoms. The number of anilines is 2. The molecule has 0 unspecified atom stereocenters. The molecule has 4 rings (SSSR count). The Kier molecular flexibility index (Phi) is 5.86. The molecule has 4 heterocycles. The van der Waals surface area contributed by atoms with Crippen molar-refractivity contribution >= 4 is 17.2 Å². The largest absolute Gasteiger partial charge is 0.474 e. The Balaban J connectivity index is 1.66. The maximum absolute atomic E-state index is 15.3. The Hall–Kier alpha value is -2.78. The minimum atomic E-state index is -0.556. The lowest BCUT2D eigenvalue weighted by Crippen LogP contribution is -2.37. The molecule has 2 aromatic heterocycles. The van der Waals surface area contributed by atoms with E-state index in [1.165, 1.54) is 18.5 Å². The Morgan fingerprint density at radius 2 is 1.79 bits per heavy atom. The first-order valence-corrected chi connectivity index (χ1v) is 9.70. The third kappa shape index (κ3) is 4.15. The highest BCUT2D eigenvalue weighted by atomic mass is 19.1. The molecular weight excluding hydrogens is 377 g/mol. The van der Waals surface area contributed by atoms with Crippen LogP contribution in [-0.4, -0.2) is 61.3 Å². The lowest BCUT2D eigenvalue weighted by atomic mass is 10.0. The molecule has 3 N–H and O–H groups in total. The van der Waals surface area contributed by atoms with Crippen LogP contribution in [0.15, 0.2) is 24.5 Å². The topological polar surface area (TPSA) is 107 Å². The lowest BCUT2D eigenvalue weighted by Gasteiger charge is -2.28. The van der Waals surface area contributed by atoms with Gasteiger partial charge < -0.3 is 24.8 Å². The number of rotatable bonds is 5. The summed E-state index contributed by atoms with van der Waals surface area (Å²) in [5, 5.41) is 8.69. The molecule has 2 aliphatic heterocycles. The first kappa shape index (κ1) is 19.5. The molecular formula is C20H24FN5O3. The van der Waals surface area contributed by atoms with Crippen LogP contribution < -0.4 is 15.4 Å². The van der Waals surface area contributed by atoms with E-state index in [9.17, 15) is 0 Å². The first-order valence-electron chi connectivity index (χ1n) is 9.70. The molecule has 2 aliphatic rings. The average molecular weight is 401 g/mol. The molecule has 2 fully saturated rings. The molecule has 154 valence electrons. The van der Waals surface area contributed by atoms with Gasteiger partial charge >= 0.3 is 0 Å².